The van der Waals surface area contributed by atoms with Crippen molar-refractivity contribution in [2.24, 2.45) is 0 Å². The first-order valence-electron chi connectivity index (χ1n) is 8.37. The molecule has 0 aliphatic heterocycles. The van der Waals surface area contributed by atoms with Crippen molar-refractivity contribution in [3.05, 3.63) is 65.9 Å². The molecule has 0 bridgehead atoms. The molecule has 0 fully saturated rings. The van der Waals surface area contributed by atoms with Crippen molar-refractivity contribution in [1.82, 2.24) is 24.2 Å². The lowest BCUT2D eigenvalue weighted by atomic mass is 9.98. The number of rotatable bonds is 4. The van der Waals surface area contributed by atoms with Crippen LogP contribution in [0.3, 0.4) is 0 Å². The maximum absolute atomic E-state index is 4.76. The maximum atomic E-state index is 4.76. The Balaban J connectivity index is 1.60. The topological polar surface area (TPSA) is 47.5 Å². The lowest BCUT2D eigenvalue weighted by Gasteiger charge is -2.10. The minimum atomic E-state index is 0.369. The van der Waals surface area contributed by atoms with E-state index in [9.17, 15) is 0 Å². The van der Waals surface area contributed by atoms with Crippen molar-refractivity contribution in [2.45, 2.75) is 39.0 Å². The predicted octanol–water partition coefficient (Wildman–Crippen LogP) is 3.85. The highest BCUT2D eigenvalue weighted by Crippen LogP contribution is 2.22. The van der Waals surface area contributed by atoms with Crippen molar-refractivity contribution >= 4 is 11.2 Å². The van der Waals surface area contributed by atoms with Gasteiger partial charge >= 0.3 is 0 Å². The Labute approximate surface area is 141 Å². The molecule has 0 amide bonds. The third-order valence-electron chi connectivity index (χ3n) is 4.58. The van der Waals surface area contributed by atoms with E-state index in [0.717, 1.165) is 23.3 Å². The Kier molecular flexibility index (Phi) is 3.56. The fourth-order valence-corrected chi connectivity index (χ4v) is 3.05. The summed E-state index contributed by atoms with van der Waals surface area (Å²) in [6.07, 6.45) is 6.67. The first kappa shape index (κ1) is 14.9. The van der Waals surface area contributed by atoms with Crippen LogP contribution in [0.15, 0.2) is 49.1 Å². The second kappa shape index (κ2) is 5.74. The summed E-state index contributed by atoms with van der Waals surface area (Å²) in [5.41, 5.74) is 5.69. The molecular weight excluding hydrogens is 298 g/mol. The molecule has 1 atom stereocenters. The van der Waals surface area contributed by atoms with Crippen LogP contribution >= 0.6 is 0 Å². The van der Waals surface area contributed by atoms with E-state index in [1.165, 1.54) is 11.1 Å². The Hall–Kier alpha value is -2.69. The van der Waals surface area contributed by atoms with Gasteiger partial charge in [0.25, 0.3) is 0 Å². The van der Waals surface area contributed by atoms with Gasteiger partial charge in [0, 0.05) is 12.4 Å². The van der Waals surface area contributed by atoms with Crippen LogP contribution < -0.4 is 0 Å². The first-order valence-corrected chi connectivity index (χ1v) is 8.37. The smallest absolute Gasteiger partial charge is 0.155 e. The largest absolute Gasteiger partial charge is 0.240 e. The summed E-state index contributed by atoms with van der Waals surface area (Å²) < 4.78 is 3.82. The average molecular weight is 319 g/mol. The third-order valence-corrected chi connectivity index (χ3v) is 4.58. The number of aromatic nitrogens is 5. The Morgan fingerprint density at radius 2 is 1.75 bits per heavy atom. The number of hydrogen-bond donors (Lipinski definition) is 0. The molecule has 0 aliphatic rings. The van der Waals surface area contributed by atoms with Crippen LogP contribution in [0, 0.1) is 0 Å². The summed E-state index contributed by atoms with van der Waals surface area (Å²) in [5.74, 6) is 0.878. The molecule has 0 spiro atoms. The standard InChI is InChI=1S/C19H21N5/c1-13(2)15-4-6-18-9-17(22-23(18)10-15)8-14(3)16-5-7-19-20-12-21-24(19)11-16/h4-7,9-14H,8H2,1-3H3. The zero-order valence-electron chi connectivity index (χ0n) is 14.2. The van der Waals surface area contributed by atoms with Gasteiger partial charge < -0.3 is 0 Å². The van der Waals surface area contributed by atoms with Crippen LogP contribution in [0.25, 0.3) is 11.2 Å². The second-order valence-electron chi connectivity index (χ2n) is 6.75. The SMILES string of the molecule is CC(C)c1ccc2cc(CC(C)c3ccc4ncnn4c3)nn2c1. The van der Waals surface area contributed by atoms with Crippen LogP contribution in [0.5, 0.6) is 0 Å². The lowest BCUT2D eigenvalue weighted by molar-refractivity contribution is 0.718. The average Bonchev–Trinajstić information content (AvgIpc) is 3.18. The monoisotopic (exact) mass is 319 g/mol. The van der Waals surface area contributed by atoms with Gasteiger partial charge in [-0.25, -0.2) is 14.0 Å². The van der Waals surface area contributed by atoms with Crippen molar-refractivity contribution in [2.75, 3.05) is 0 Å². The van der Waals surface area contributed by atoms with Crippen LogP contribution in [-0.2, 0) is 6.42 Å². The molecule has 0 N–H and O–H groups in total. The Morgan fingerprint density at radius 3 is 2.58 bits per heavy atom. The van der Waals surface area contributed by atoms with Gasteiger partial charge in [-0.1, -0.05) is 32.9 Å². The normalized spacial score (nSPS) is 13.2. The highest BCUT2D eigenvalue weighted by molar-refractivity contribution is 5.49. The quantitative estimate of drug-likeness (QED) is 0.574. The number of fused-ring (bicyclic) bond motifs is 2. The third kappa shape index (κ3) is 2.66. The van der Waals surface area contributed by atoms with Gasteiger partial charge in [-0.15, -0.1) is 0 Å². The van der Waals surface area contributed by atoms with Gasteiger partial charge in [0.15, 0.2) is 5.65 Å². The molecule has 122 valence electrons. The number of nitrogens with zero attached hydrogens (tertiary/aromatic N) is 5. The molecule has 0 saturated carbocycles. The summed E-state index contributed by atoms with van der Waals surface area (Å²) in [6.45, 7) is 6.63. The molecule has 0 saturated heterocycles. The number of hydrogen-bond acceptors (Lipinski definition) is 3. The molecule has 0 aliphatic carbocycles. The molecule has 0 aromatic carbocycles. The first-order chi connectivity index (χ1) is 11.6. The second-order valence-corrected chi connectivity index (χ2v) is 6.75. The molecule has 4 aromatic heterocycles. The van der Waals surface area contributed by atoms with E-state index in [1.807, 2.05) is 15.1 Å². The van der Waals surface area contributed by atoms with E-state index < -0.39 is 0 Å². The van der Waals surface area contributed by atoms with Gasteiger partial charge in [0.05, 0.1) is 11.2 Å². The van der Waals surface area contributed by atoms with Crippen LogP contribution in [-0.4, -0.2) is 24.2 Å². The van der Waals surface area contributed by atoms with Crippen molar-refractivity contribution in [1.29, 1.82) is 0 Å². The zero-order chi connectivity index (χ0) is 16.7. The molecule has 0 radical (unpaired) electrons. The fourth-order valence-electron chi connectivity index (χ4n) is 3.05. The molecule has 24 heavy (non-hydrogen) atoms. The summed E-state index contributed by atoms with van der Waals surface area (Å²) in [4.78, 5) is 4.19. The maximum Gasteiger partial charge on any atom is 0.155 e. The molecule has 4 heterocycles. The summed E-state index contributed by atoms with van der Waals surface area (Å²) in [7, 11) is 0. The van der Waals surface area contributed by atoms with Crippen LogP contribution in [0.2, 0.25) is 0 Å². The number of pyridine rings is 2. The Morgan fingerprint density at radius 1 is 0.958 bits per heavy atom. The van der Waals surface area contributed by atoms with E-state index in [4.69, 9.17) is 5.10 Å². The Bertz CT molecular complexity index is 995. The van der Waals surface area contributed by atoms with Crippen molar-refractivity contribution in [3.63, 3.8) is 0 Å². The molecule has 5 nitrogen and oxygen atoms in total. The predicted molar refractivity (Wildman–Crippen MR) is 94.4 cm³/mol. The van der Waals surface area contributed by atoms with E-state index in [0.29, 0.717) is 11.8 Å². The zero-order valence-corrected chi connectivity index (χ0v) is 14.2. The highest BCUT2D eigenvalue weighted by Gasteiger charge is 2.12. The minimum absolute atomic E-state index is 0.369. The van der Waals surface area contributed by atoms with Gasteiger partial charge in [-0.2, -0.15) is 10.2 Å². The molecule has 1 unspecified atom stereocenters. The molecule has 5 heteroatoms. The van der Waals surface area contributed by atoms with Crippen molar-refractivity contribution in [3.8, 4) is 0 Å². The van der Waals surface area contributed by atoms with Gasteiger partial charge in [-0.05, 0) is 47.6 Å². The van der Waals surface area contributed by atoms with Gasteiger partial charge in [-0.3, -0.25) is 0 Å². The summed E-state index contributed by atoms with van der Waals surface area (Å²) in [6, 6.07) is 10.7. The van der Waals surface area contributed by atoms with Gasteiger partial charge in [0.2, 0.25) is 0 Å². The molecule has 4 aromatic rings. The van der Waals surface area contributed by atoms with Crippen molar-refractivity contribution < 1.29 is 0 Å². The van der Waals surface area contributed by atoms with E-state index in [-0.39, 0.29) is 0 Å². The fraction of sp³-hybridized carbons (Fsp3) is 0.316. The van der Waals surface area contributed by atoms with Gasteiger partial charge in [0.1, 0.15) is 6.33 Å². The van der Waals surface area contributed by atoms with E-state index >= 15 is 0 Å². The molecule has 4 rings (SSSR count). The van der Waals surface area contributed by atoms with E-state index in [1.54, 1.807) is 6.33 Å². The summed E-state index contributed by atoms with van der Waals surface area (Å²) >= 11 is 0. The highest BCUT2D eigenvalue weighted by atomic mass is 15.3. The molecular formula is C19H21N5. The lowest BCUT2D eigenvalue weighted by Crippen LogP contribution is -2.02. The minimum Gasteiger partial charge on any atom is -0.240 e. The van der Waals surface area contributed by atoms with E-state index in [2.05, 4.69) is 67.5 Å². The van der Waals surface area contributed by atoms with Crippen LogP contribution in [0.1, 0.15) is 49.4 Å². The van der Waals surface area contributed by atoms with Crippen LogP contribution in [0.4, 0.5) is 0 Å². The summed E-state index contributed by atoms with van der Waals surface area (Å²) in [5, 5.41) is 8.97.